The maximum Gasteiger partial charge on any atom is 0.159 e. The third-order valence-corrected chi connectivity index (χ3v) is 6.10. The van der Waals surface area contributed by atoms with Crippen LogP contribution in [0.4, 0.5) is 8.78 Å². The minimum Gasteiger partial charge on any atom is -0.204 e. The van der Waals surface area contributed by atoms with Crippen LogP contribution in [0.1, 0.15) is 69.4 Å². The van der Waals surface area contributed by atoms with E-state index in [9.17, 15) is 8.78 Å². The molecule has 0 radical (unpaired) electrons. The number of hydrogen-bond acceptors (Lipinski definition) is 0. The molecule has 1 unspecified atom stereocenters. The summed E-state index contributed by atoms with van der Waals surface area (Å²) in [5.41, 5.74) is 2.07. The molecule has 0 spiro atoms. The molecule has 2 aliphatic rings. The van der Waals surface area contributed by atoms with Crippen LogP contribution in [0.5, 0.6) is 0 Å². The van der Waals surface area contributed by atoms with Gasteiger partial charge in [-0.1, -0.05) is 45.4 Å². The van der Waals surface area contributed by atoms with E-state index in [1.165, 1.54) is 57.1 Å². The first-order valence-electron chi connectivity index (χ1n) is 9.12. The van der Waals surface area contributed by atoms with Gasteiger partial charge >= 0.3 is 0 Å². The molecule has 0 heterocycles. The van der Waals surface area contributed by atoms with Gasteiger partial charge in [-0.15, -0.1) is 0 Å². The molecule has 22 heavy (non-hydrogen) atoms. The molecule has 0 amide bonds. The molecule has 0 aliphatic heterocycles. The summed E-state index contributed by atoms with van der Waals surface area (Å²) >= 11 is 0. The molecule has 1 aromatic rings. The average molecular weight is 306 g/mol. The van der Waals surface area contributed by atoms with Crippen LogP contribution in [-0.4, -0.2) is 0 Å². The molecule has 2 heteroatoms. The van der Waals surface area contributed by atoms with Crippen molar-refractivity contribution in [1.29, 1.82) is 0 Å². The molecule has 1 aromatic carbocycles. The maximum absolute atomic E-state index is 13.4. The van der Waals surface area contributed by atoms with Crippen molar-refractivity contribution in [3.05, 3.63) is 34.9 Å². The highest BCUT2D eigenvalue weighted by Crippen LogP contribution is 2.36. The molecule has 0 bridgehead atoms. The molecular weight excluding hydrogens is 278 g/mol. The summed E-state index contributed by atoms with van der Waals surface area (Å²) in [6.07, 6.45) is 12.6. The number of aryl methyl sites for hydroxylation is 1. The highest BCUT2D eigenvalue weighted by molar-refractivity contribution is 5.31. The second-order valence-electron chi connectivity index (χ2n) is 7.52. The van der Waals surface area contributed by atoms with E-state index >= 15 is 0 Å². The van der Waals surface area contributed by atoms with Gasteiger partial charge in [0.25, 0.3) is 0 Å². The van der Waals surface area contributed by atoms with E-state index < -0.39 is 11.6 Å². The standard InChI is InChI=1S/C20H28F2/c1-2-14-3-5-15(6-4-14)7-8-16-9-10-17-12-19(21)20(22)13-18(17)11-16/h12-16H,2-11H2,1H3. The minimum atomic E-state index is -0.690. The third-order valence-electron chi connectivity index (χ3n) is 6.10. The van der Waals surface area contributed by atoms with Gasteiger partial charge < -0.3 is 0 Å². The van der Waals surface area contributed by atoms with Crippen molar-refractivity contribution >= 4 is 0 Å². The SMILES string of the molecule is CCC1CCC(CCC2CCc3cc(F)c(F)cc3C2)CC1. The summed E-state index contributed by atoms with van der Waals surface area (Å²) in [6, 6.07) is 2.84. The van der Waals surface area contributed by atoms with Crippen molar-refractivity contribution in [3.8, 4) is 0 Å². The highest BCUT2D eigenvalue weighted by atomic mass is 19.2. The summed E-state index contributed by atoms with van der Waals surface area (Å²) < 4.78 is 26.7. The minimum absolute atomic E-state index is 0.668. The van der Waals surface area contributed by atoms with Crippen molar-refractivity contribution in [2.24, 2.45) is 17.8 Å². The summed E-state index contributed by atoms with van der Waals surface area (Å²) in [5, 5.41) is 0. The van der Waals surface area contributed by atoms with Gasteiger partial charge in [-0.3, -0.25) is 0 Å². The number of halogens is 2. The number of fused-ring (bicyclic) bond motifs is 1. The smallest absolute Gasteiger partial charge is 0.159 e. The fourth-order valence-corrected chi connectivity index (χ4v) is 4.47. The van der Waals surface area contributed by atoms with E-state index in [2.05, 4.69) is 6.92 Å². The molecule has 0 aromatic heterocycles. The van der Waals surface area contributed by atoms with Crippen LogP contribution in [0.25, 0.3) is 0 Å². The zero-order chi connectivity index (χ0) is 15.5. The van der Waals surface area contributed by atoms with Gasteiger partial charge in [-0.05, 0) is 66.7 Å². The Hall–Kier alpha value is -0.920. The van der Waals surface area contributed by atoms with Crippen molar-refractivity contribution in [3.63, 3.8) is 0 Å². The second kappa shape index (κ2) is 7.10. The molecule has 0 nitrogen and oxygen atoms in total. The normalized spacial score (nSPS) is 28.4. The molecule has 1 fully saturated rings. The predicted octanol–water partition coefficient (Wildman–Crippen LogP) is 6.07. The van der Waals surface area contributed by atoms with Gasteiger partial charge in [-0.25, -0.2) is 8.78 Å². The molecule has 122 valence electrons. The molecule has 1 atom stereocenters. The number of hydrogen-bond donors (Lipinski definition) is 0. The first-order chi connectivity index (χ1) is 10.7. The molecule has 0 saturated heterocycles. The maximum atomic E-state index is 13.4. The van der Waals surface area contributed by atoms with E-state index in [0.717, 1.165) is 42.2 Å². The van der Waals surface area contributed by atoms with Gasteiger partial charge in [0.05, 0.1) is 0 Å². The van der Waals surface area contributed by atoms with E-state index in [1.54, 1.807) is 0 Å². The highest BCUT2D eigenvalue weighted by Gasteiger charge is 2.24. The molecule has 1 saturated carbocycles. The summed E-state index contributed by atoms with van der Waals surface area (Å²) in [6.45, 7) is 2.31. The predicted molar refractivity (Wildman–Crippen MR) is 86.8 cm³/mol. The summed E-state index contributed by atoms with van der Waals surface area (Å²) in [7, 11) is 0. The van der Waals surface area contributed by atoms with Crippen LogP contribution in [-0.2, 0) is 12.8 Å². The van der Waals surface area contributed by atoms with E-state index in [-0.39, 0.29) is 0 Å². The van der Waals surface area contributed by atoms with E-state index in [1.807, 2.05) is 0 Å². The van der Waals surface area contributed by atoms with Crippen LogP contribution < -0.4 is 0 Å². The van der Waals surface area contributed by atoms with Crippen molar-refractivity contribution < 1.29 is 8.78 Å². The van der Waals surface area contributed by atoms with Crippen LogP contribution in [0, 0.1) is 29.4 Å². The Morgan fingerprint density at radius 1 is 0.818 bits per heavy atom. The first kappa shape index (κ1) is 16.0. The van der Waals surface area contributed by atoms with E-state index in [4.69, 9.17) is 0 Å². The van der Waals surface area contributed by atoms with Crippen molar-refractivity contribution in [1.82, 2.24) is 0 Å². The Morgan fingerprint density at radius 3 is 2.09 bits per heavy atom. The van der Waals surface area contributed by atoms with E-state index in [0.29, 0.717) is 5.92 Å². The number of rotatable bonds is 4. The zero-order valence-electron chi connectivity index (χ0n) is 13.7. The van der Waals surface area contributed by atoms with Crippen molar-refractivity contribution in [2.45, 2.75) is 71.1 Å². The Labute approximate surface area is 133 Å². The third kappa shape index (κ3) is 3.70. The Bertz CT molecular complexity index is 501. The Kier molecular flexibility index (Phi) is 5.15. The van der Waals surface area contributed by atoms with Crippen LogP contribution >= 0.6 is 0 Å². The lowest BCUT2D eigenvalue weighted by atomic mass is 9.76. The van der Waals surface area contributed by atoms with Crippen LogP contribution in [0.15, 0.2) is 12.1 Å². The second-order valence-corrected chi connectivity index (χ2v) is 7.52. The summed E-state index contributed by atoms with van der Waals surface area (Å²) in [5.74, 6) is 1.17. The van der Waals surface area contributed by atoms with Gasteiger partial charge in [-0.2, -0.15) is 0 Å². The van der Waals surface area contributed by atoms with Gasteiger partial charge in [0, 0.05) is 0 Å². The lowest BCUT2D eigenvalue weighted by Gasteiger charge is -2.30. The van der Waals surface area contributed by atoms with Crippen LogP contribution in [0.3, 0.4) is 0 Å². The lowest BCUT2D eigenvalue weighted by molar-refractivity contribution is 0.241. The molecule has 3 rings (SSSR count). The monoisotopic (exact) mass is 306 g/mol. The first-order valence-corrected chi connectivity index (χ1v) is 9.12. The van der Waals surface area contributed by atoms with Gasteiger partial charge in [0.2, 0.25) is 0 Å². The fourth-order valence-electron chi connectivity index (χ4n) is 4.47. The Balaban J connectivity index is 1.50. The Morgan fingerprint density at radius 2 is 1.41 bits per heavy atom. The zero-order valence-corrected chi connectivity index (χ0v) is 13.7. The lowest BCUT2D eigenvalue weighted by Crippen LogP contribution is -2.18. The fraction of sp³-hybridized carbons (Fsp3) is 0.700. The largest absolute Gasteiger partial charge is 0.204 e. The van der Waals surface area contributed by atoms with Gasteiger partial charge in [0.1, 0.15) is 0 Å². The molecule has 0 N–H and O–H groups in total. The topological polar surface area (TPSA) is 0 Å². The molecular formula is C20H28F2. The average Bonchev–Trinajstić information content (AvgIpc) is 2.54. The number of benzene rings is 1. The quantitative estimate of drug-likeness (QED) is 0.633. The van der Waals surface area contributed by atoms with Crippen molar-refractivity contribution in [2.75, 3.05) is 0 Å². The summed E-state index contributed by atoms with van der Waals surface area (Å²) in [4.78, 5) is 0. The molecule has 2 aliphatic carbocycles. The van der Waals surface area contributed by atoms with Crippen LogP contribution in [0.2, 0.25) is 0 Å². The van der Waals surface area contributed by atoms with Gasteiger partial charge in [0.15, 0.2) is 11.6 Å².